The molecule has 1 aliphatic heterocycles. The third-order valence-corrected chi connectivity index (χ3v) is 6.15. The molecule has 0 amide bonds. The minimum Gasteiger partial charge on any atom is -0.507 e. The van der Waals surface area contributed by atoms with Gasteiger partial charge in [-0.2, -0.15) is 0 Å². The van der Waals surface area contributed by atoms with E-state index in [0.717, 1.165) is 54.2 Å². The van der Waals surface area contributed by atoms with E-state index in [1.54, 1.807) is 12.1 Å². The van der Waals surface area contributed by atoms with Crippen LogP contribution in [0.15, 0.2) is 60.7 Å². The van der Waals surface area contributed by atoms with Crippen LogP contribution in [0.2, 0.25) is 0 Å². The topological polar surface area (TPSA) is 82.4 Å². The first-order valence-electron chi connectivity index (χ1n) is 10.3. The Morgan fingerprint density at radius 2 is 1.63 bits per heavy atom. The summed E-state index contributed by atoms with van der Waals surface area (Å²) in [7, 11) is 0. The fourth-order valence-electron chi connectivity index (χ4n) is 4.78. The molecule has 1 aromatic heterocycles. The zero-order chi connectivity index (χ0) is 20.7. The van der Waals surface area contributed by atoms with Crippen LogP contribution in [0, 0.1) is 10.1 Å². The zero-order valence-corrected chi connectivity index (χ0v) is 16.5. The van der Waals surface area contributed by atoms with E-state index in [4.69, 9.17) is 0 Å². The second kappa shape index (κ2) is 7.46. The van der Waals surface area contributed by atoms with Crippen molar-refractivity contribution >= 4 is 27.5 Å². The summed E-state index contributed by atoms with van der Waals surface area (Å²) in [6.45, 7) is 1.70. The number of para-hydroxylation sites is 2. The Morgan fingerprint density at radius 3 is 2.43 bits per heavy atom. The molecule has 3 aromatic carbocycles. The SMILES string of the molecule is O=[N+]([O-])c1ccccc1C(c1ccc2[nH]c3ccccc3c2c1O)N1CCCCC1. The summed E-state index contributed by atoms with van der Waals surface area (Å²) in [6, 6.07) is 18.3. The van der Waals surface area contributed by atoms with Gasteiger partial charge in [0, 0.05) is 27.9 Å². The van der Waals surface area contributed by atoms with Crippen molar-refractivity contribution in [1.82, 2.24) is 9.88 Å². The van der Waals surface area contributed by atoms with Crippen molar-refractivity contribution in [3.8, 4) is 5.75 Å². The molecule has 0 bridgehead atoms. The maximum atomic E-state index is 11.8. The van der Waals surface area contributed by atoms with Crippen LogP contribution >= 0.6 is 0 Å². The van der Waals surface area contributed by atoms with Crippen molar-refractivity contribution in [3.05, 3.63) is 81.9 Å². The third-order valence-electron chi connectivity index (χ3n) is 6.15. The molecule has 1 fully saturated rings. The number of likely N-dealkylation sites (tertiary alicyclic amines) is 1. The number of phenolic OH excluding ortho intramolecular Hbond substituents is 1. The summed E-state index contributed by atoms with van der Waals surface area (Å²) >= 11 is 0. The van der Waals surface area contributed by atoms with Crippen LogP contribution in [0.4, 0.5) is 5.69 Å². The minimum absolute atomic E-state index is 0.0893. The molecule has 2 heterocycles. The number of H-pyrrole nitrogens is 1. The summed E-state index contributed by atoms with van der Waals surface area (Å²) in [6.07, 6.45) is 3.26. The third kappa shape index (κ3) is 3.00. The summed E-state index contributed by atoms with van der Waals surface area (Å²) in [4.78, 5) is 17.1. The molecule has 0 aliphatic carbocycles. The van der Waals surface area contributed by atoms with Crippen LogP contribution in [-0.2, 0) is 0 Å². The predicted molar refractivity (Wildman–Crippen MR) is 118 cm³/mol. The van der Waals surface area contributed by atoms with E-state index in [-0.39, 0.29) is 22.4 Å². The number of aromatic nitrogens is 1. The lowest BCUT2D eigenvalue weighted by molar-refractivity contribution is -0.385. The van der Waals surface area contributed by atoms with E-state index in [1.807, 2.05) is 48.5 Å². The molecule has 1 aliphatic rings. The highest BCUT2D eigenvalue weighted by atomic mass is 16.6. The number of aromatic hydroxyl groups is 1. The van der Waals surface area contributed by atoms with Gasteiger partial charge < -0.3 is 10.1 Å². The predicted octanol–water partition coefficient (Wildman–Crippen LogP) is 5.51. The zero-order valence-electron chi connectivity index (χ0n) is 16.5. The van der Waals surface area contributed by atoms with Crippen LogP contribution in [0.5, 0.6) is 5.75 Å². The van der Waals surface area contributed by atoms with Gasteiger partial charge in [0.05, 0.1) is 22.0 Å². The number of aromatic amines is 1. The molecule has 2 N–H and O–H groups in total. The lowest BCUT2D eigenvalue weighted by atomic mass is 9.91. The lowest BCUT2D eigenvalue weighted by Gasteiger charge is -2.35. The summed E-state index contributed by atoms with van der Waals surface area (Å²) in [5, 5.41) is 24.9. The Bertz CT molecular complexity index is 1240. The van der Waals surface area contributed by atoms with Gasteiger partial charge in [-0.25, -0.2) is 0 Å². The molecule has 5 rings (SSSR count). The number of nitro groups is 1. The van der Waals surface area contributed by atoms with Crippen molar-refractivity contribution in [3.63, 3.8) is 0 Å². The van der Waals surface area contributed by atoms with Crippen molar-refractivity contribution in [2.75, 3.05) is 13.1 Å². The Kier molecular flexibility index (Phi) is 4.64. The number of benzene rings is 3. The highest BCUT2D eigenvalue weighted by molar-refractivity contribution is 6.10. The number of fused-ring (bicyclic) bond motifs is 3. The highest BCUT2D eigenvalue weighted by Crippen LogP contribution is 2.43. The van der Waals surface area contributed by atoms with Crippen molar-refractivity contribution in [2.45, 2.75) is 25.3 Å². The van der Waals surface area contributed by atoms with E-state index < -0.39 is 0 Å². The molecule has 4 aromatic rings. The first-order chi connectivity index (χ1) is 14.6. The molecule has 30 heavy (non-hydrogen) atoms. The van der Waals surface area contributed by atoms with Crippen LogP contribution in [-0.4, -0.2) is 33.0 Å². The molecule has 1 saturated heterocycles. The maximum Gasteiger partial charge on any atom is 0.274 e. The van der Waals surface area contributed by atoms with Gasteiger partial charge in [-0.3, -0.25) is 15.0 Å². The van der Waals surface area contributed by atoms with Gasteiger partial charge in [-0.05, 0) is 38.1 Å². The second-order valence-corrected chi connectivity index (χ2v) is 7.91. The Morgan fingerprint density at radius 1 is 0.900 bits per heavy atom. The lowest BCUT2D eigenvalue weighted by Crippen LogP contribution is -2.34. The average Bonchev–Trinajstić information content (AvgIpc) is 3.16. The van der Waals surface area contributed by atoms with E-state index in [9.17, 15) is 15.2 Å². The number of nitrogens with zero attached hydrogens (tertiary/aromatic N) is 2. The van der Waals surface area contributed by atoms with Gasteiger partial charge in [0.25, 0.3) is 5.69 Å². The number of rotatable bonds is 4. The minimum atomic E-state index is -0.370. The largest absolute Gasteiger partial charge is 0.507 e. The molecule has 0 saturated carbocycles. The van der Waals surface area contributed by atoms with Crippen molar-refractivity contribution < 1.29 is 10.0 Å². The fourth-order valence-corrected chi connectivity index (χ4v) is 4.78. The summed E-state index contributed by atoms with van der Waals surface area (Å²) < 4.78 is 0. The molecular formula is C24H23N3O3. The molecule has 1 atom stereocenters. The highest BCUT2D eigenvalue weighted by Gasteiger charge is 2.32. The quantitative estimate of drug-likeness (QED) is 0.349. The van der Waals surface area contributed by atoms with Gasteiger partial charge in [-0.15, -0.1) is 0 Å². The van der Waals surface area contributed by atoms with Gasteiger partial charge >= 0.3 is 0 Å². The van der Waals surface area contributed by atoms with Gasteiger partial charge in [0.15, 0.2) is 0 Å². The Labute approximate surface area is 173 Å². The summed E-state index contributed by atoms with van der Waals surface area (Å²) in [5.74, 6) is 0.193. The number of nitro benzene ring substituents is 1. The first-order valence-corrected chi connectivity index (χ1v) is 10.3. The molecule has 1 unspecified atom stereocenters. The number of phenols is 1. The van der Waals surface area contributed by atoms with Crippen LogP contribution in [0.25, 0.3) is 21.8 Å². The van der Waals surface area contributed by atoms with E-state index >= 15 is 0 Å². The second-order valence-electron chi connectivity index (χ2n) is 7.91. The normalized spacial score (nSPS) is 16.1. The molecule has 0 spiro atoms. The smallest absolute Gasteiger partial charge is 0.274 e. The number of nitrogens with one attached hydrogen (secondary N) is 1. The molecular weight excluding hydrogens is 378 g/mol. The number of hydrogen-bond donors (Lipinski definition) is 2. The Hall–Kier alpha value is -3.38. The molecule has 6 heteroatoms. The van der Waals surface area contributed by atoms with Crippen LogP contribution < -0.4 is 0 Å². The van der Waals surface area contributed by atoms with Gasteiger partial charge in [0.1, 0.15) is 5.75 Å². The molecule has 0 radical (unpaired) electrons. The van der Waals surface area contributed by atoms with Crippen molar-refractivity contribution in [2.24, 2.45) is 0 Å². The van der Waals surface area contributed by atoms with E-state index in [0.29, 0.717) is 11.1 Å². The fraction of sp³-hybridized carbons (Fsp3) is 0.250. The van der Waals surface area contributed by atoms with E-state index in [2.05, 4.69) is 9.88 Å². The molecule has 152 valence electrons. The Balaban J connectivity index is 1.76. The summed E-state index contributed by atoms with van der Waals surface area (Å²) in [5.41, 5.74) is 3.24. The van der Waals surface area contributed by atoms with Gasteiger partial charge in [-0.1, -0.05) is 48.9 Å². The molecule has 6 nitrogen and oxygen atoms in total. The standard InChI is InChI=1S/C24H23N3O3/c28-24-18(12-13-20-22(24)16-8-2-4-10-19(16)25-20)23(26-14-6-1-7-15-26)17-9-3-5-11-21(17)27(29)30/h2-5,8-13,23,25,28H,1,6-7,14-15H2. The van der Waals surface area contributed by atoms with Crippen LogP contribution in [0.1, 0.15) is 36.4 Å². The monoisotopic (exact) mass is 401 g/mol. The maximum absolute atomic E-state index is 11.8. The van der Waals surface area contributed by atoms with Crippen molar-refractivity contribution in [1.29, 1.82) is 0 Å². The van der Waals surface area contributed by atoms with Crippen LogP contribution in [0.3, 0.4) is 0 Å². The average molecular weight is 401 g/mol. The van der Waals surface area contributed by atoms with Gasteiger partial charge in [0.2, 0.25) is 0 Å². The first kappa shape index (κ1) is 18.6. The number of piperidine rings is 1. The number of hydrogen-bond acceptors (Lipinski definition) is 4. The van der Waals surface area contributed by atoms with E-state index in [1.165, 1.54) is 0 Å².